The lowest BCUT2D eigenvalue weighted by Gasteiger charge is -2.32. The summed E-state index contributed by atoms with van der Waals surface area (Å²) >= 11 is 0. The molecule has 3 aromatic rings. The maximum Gasteiger partial charge on any atom is 0.270 e. The van der Waals surface area contributed by atoms with E-state index in [0.717, 1.165) is 18.3 Å². The zero-order valence-corrected chi connectivity index (χ0v) is 15.5. The molecule has 1 aliphatic rings. The van der Waals surface area contributed by atoms with E-state index in [0.29, 0.717) is 44.4 Å². The number of amides is 2. The van der Waals surface area contributed by atoms with Gasteiger partial charge in [0.2, 0.25) is 12.4 Å². The molecule has 2 aromatic heterocycles. The molecule has 1 aliphatic heterocycles. The number of fused-ring (bicyclic) bond motifs is 1. The molecule has 8 heteroatoms. The first kappa shape index (κ1) is 18.0. The number of aromatic amines is 1. The van der Waals surface area contributed by atoms with E-state index in [1.54, 1.807) is 17.2 Å². The molecule has 1 aromatic carbocycles. The highest BCUT2D eigenvalue weighted by Crippen LogP contribution is 2.17. The van der Waals surface area contributed by atoms with Crippen molar-refractivity contribution in [2.24, 2.45) is 0 Å². The number of rotatable bonds is 6. The first-order valence-electron chi connectivity index (χ1n) is 9.35. The van der Waals surface area contributed by atoms with E-state index in [4.69, 9.17) is 0 Å². The number of anilines is 1. The Labute approximate surface area is 162 Å². The summed E-state index contributed by atoms with van der Waals surface area (Å²) < 4.78 is 0. The van der Waals surface area contributed by atoms with Crippen LogP contribution >= 0.6 is 0 Å². The first-order chi connectivity index (χ1) is 13.7. The number of H-pyrrole nitrogens is 1. The van der Waals surface area contributed by atoms with Crippen molar-refractivity contribution in [3.8, 4) is 0 Å². The van der Waals surface area contributed by atoms with Crippen LogP contribution in [0.2, 0.25) is 0 Å². The second kappa shape index (κ2) is 8.08. The van der Waals surface area contributed by atoms with Gasteiger partial charge in [-0.05, 0) is 24.1 Å². The second-order valence-electron chi connectivity index (χ2n) is 6.74. The highest BCUT2D eigenvalue weighted by atomic mass is 16.2. The van der Waals surface area contributed by atoms with Crippen LogP contribution in [-0.2, 0) is 11.2 Å². The molecule has 28 heavy (non-hydrogen) atoms. The fourth-order valence-electron chi connectivity index (χ4n) is 3.39. The summed E-state index contributed by atoms with van der Waals surface area (Å²) in [5, 5.41) is 4.11. The van der Waals surface area contributed by atoms with E-state index in [1.807, 2.05) is 29.3 Å². The minimum Gasteiger partial charge on any atom is -0.361 e. The average molecular weight is 378 g/mol. The van der Waals surface area contributed by atoms with Gasteiger partial charge in [-0.15, -0.1) is 0 Å². The number of carbonyl (C=O) groups excluding carboxylic acids is 2. The zero-order chi connectivity index (χ0) is 19.3. The lowest BCUT2D eigenvalue weighted by molar-refractivity contribution is -0.118. The van der Waals surface area contributed by atoms with Gasteiger partial charge < -0.3 is 20.1 Å². The average Bonchev–Trinajstić information content (AvgIpc) is 3.17. The van der Waals surface area contributed by atoms with Gasteiger partial charge in [0.05, 0.1) is 0 Å². The molecule has 0 unspecified atom stereocenters. The van der Waals surface area contributed by atoms with Crippen LogP contribution < -0.4 is 10.2 Å². The molecule has 2 amide bonds. The van der Waals surface area contributed by atoms with Crippen molar-refractivity contribution in [3.05, 3.63) is 54.0 Å². The molecule has 0 spiro atoms. The molecule has 4 rings (SSSR count). The molecule has 0 radical (unpaired) electrons. The van der Waals surface area contributed by atoms with Crippen LogP contribution in [0.4, 0.5) is 5.95 Å². The fourth-order valence-corrected chi connectivity index (χ4v) is 3.39. The normalized spacial score (nSPS) is 14.3. The molecule has 1 fully saturated rings. The Kier molecular flexibility index (Phi) is 5.18. The van der Waals surface area contributed by atoms with Crippen molar-refractivity contribution >= 4 is 29.2 Å². The molecule has 1 saturated heterocycles. The van der Waals surface area contributed by atoms with Gasteiger partial charge in [0.1, 0.15) is 5.69 Å². The van der Waals surface area contributed by atoms with Crippen molar-refractivity contribution in [2.45, 2.75) is 6.42 Å². The van der Waals surface area contributed by atoms with Crippen molar-refractivity contribution < 1.29 is 9.59 Å². The number of para-hydroxylation sites is 1. The number of carbonyl (C=O) groups is 2. The van der Waals surface area contributed by atoms with E-state index >= 15 is 0 Å². The summed E-state index contributed by atoms with van der Waals surface area (Å²) in [5.41, 5.74) is 2.62. The largest absolute Gasteiger partial charge is 0.361 e. The van der Waals surface area contributed by atoms with Gasteiger partial charge in [-0.25, -0.2) is 9.97 Å². The fraction of sp³-hybridized carbons (Fsp3) is 0.300. The molecule has 144 valence electrons. The number of nitrogens with one attached hydrogen (secondary N) is 2. The van der Waals surface area contributed by atoms with E-state index in [9.17, 15) is 9.59 Å². The summed E-state index contributed by atoms with van der Waals surface area (Å²) in [4.78, 5) is 38.9. The predicted octanol–water partition coefficient (Wildman–Crippen LogP) is 1.21. The monoisotopic (exact) mass is 378 g/mol. The summed E-state index contributed by atoms with van der Waals surface area (Å²) in [7, 11) is 0. The second-order valence-corrected chi connectivity index (χ2v) is 6.74. The van der Waals surface area contributed by atoms with E-state index in [-0.39, 0.29) is 5.91 Å². The number of aromatic nitrogens is 3. The van der Waals surface area contributed by atoms with Crippen LogP contribution in [0, 0.1) is 0 Å². The lowest BCUT2D eigenvalue weighted by atomic mass is 10.1. The van der Waals surface area contributed by atoms with E-state index in [1.165, 1.54) is 10.9 Å². The topological polar surface area (TPSA) is 94.2 Å². The molecular weight excluding hydrogens is 356 g/mol. The van der Waals surface area contributed by atoms with Gasteiger partial charge in [-0.2, -0.15) is 0 Å². The Morgan fingerprint density at radius 2 is 2.00 bits per heavy atom. The van der Waals surface area contributed by atoms with Crippen molar-refractivity contribution in [1.29, 1.82) is 0 Å². The van der Waals surface area contributed by atoms with Gasteiger partial charge in [0, 0.05) is 56.0 Å². The van der Waals surface area contributed by atoms with Gasteiger partial charge >= 0.3 is 0 Å². The molecule has 2 N–H and O–H groups in total. The maximum atomic E-state index is 12.5. The molecule has 8 nitrogen and oxygen atoms in total. The predicted molar refractivity (Wildman–Crippen MR) is 106 cm³/mol. The standard InChI is InChI=1S/C20H22N6O2/c27-14-25-9-11-26(12-10-25)20-22-8-6-18(24-20)19(28)21-7-5-15-13-23-17-4-2-1-3-16(15)17/h1-4,6,8,13-14,23H,5,7,9-12H2,(H,21,28). The lowest BCUT2D eigenvalue weighted by Crippen LogP contribution is -2.46. The van der Waals surface area contributed by atoms with Crippen molar-refractivity contribution in [3.63, 3.8) is 0 Å². The van der Waals surface area contributed by atoms with Gasteiger partial charge in [0.15, 0.2) is 0 Å². The van der Waals surface area contributed by atoms with Gasteiger partial charge in [0.25, 0.3) is 5.91 Å². The minimum absolute atomic E-state index is 0.213. The van der Waals surface area contributed by atoms with Crippen LogP contribution in [0.25, 0.3) is 10.9 Å². The molecule has 0 saturated carbocycles. The number of hydrogen-bond acceptors (Lipinski definition) is 5. The van der Waals surface area contributed by atoms with E-state index in [2.05, 4.69) is 26.3 Å². The molecule has 0 bridgehead atoms. The first-order valence-corrected chi connectivity index (χ1v) is 9.35. The summed E-state index contributed by atoms with van der Waals surface area (Å²) in [5.74, 6) is 0.310. The maximum absolute atomic E-state index is 12.5. The van der Waals surface area contributed by atoms with Crippen LogP contribution in [0.1, 0.15) is 16.1 Å². The number of piperazine rings is 1. The molecule has 0 atom stereocenters. The van der Waals surface area contributed by atoms with Crippen LogP contribution in [0.15, 0.2) is 42.7 Å². The summed E-state index contributed by atoms with van der Waals surface area (Å²) in [6.07, 6.45) is 5.18. The number of benzene rings is 1. The Bertz CT molecular complexity index is 977. The molecule has 3 heterocycles. The minimum atomic E-state index is -0.213. The zero-order valence-electron chi connectivity index (χ0n) is 15.5. The van der Waals surface area contributed by atoms with Gasteiger partial charge in [-0.1, -0.05) is 18.2 Å². The van der Waals surface area contributed by atoms with Crippen LogP contribution in [-0.4, -0.2) is 64.9 Å². The number of nitrogens with zero attached hydrogens (tertiary/aromatic N) is 4. The van der Waals surface area contributed by atoms with Gasteiger partial charge in [-0.3, -0.25) is 9.59 Å². The van der Waals surface area contributed by atoms with E-state index < -0.39 is 0 Å². The Morgan fingerprint density at radius 3 is 2.82 bits per heavy atom. The third-order valence-corrected chi connectivity index (χ3v) is 4.98. The molecule has 0 aliphatic carbocycles. The van der Waals surface area contributed by atoms with Crippen molar-refractivity contribution in [1.82, 2.24) is 25.2 Å². The highest BCUT2D eigenvalue weighted by molar-refractivity contribution is 5.92. The quantitative estimate of drug-likeness (QED) is 0.629. The Morgan fingerprint density at radius 1 is 1.18 bits per heavy atom. The Hall–Kier alpha value is -3.42. The SMILES string of the molecule is O=CN1CCN(c2nccc(C(=O)NCCc3c[nH]c4ccccc34)n2)CC1. The van der Waals surface area contributed by atoms with Crippen molar-refractivity contribution in [2.75, 3.05) is 37.6 Å². The third-order valence-electron chi connectivity index (χ3n) is 4.98. The number of hydrogen-bond donors (Lipinski definition) is 2. The summed E-state index contributed by atoms with van der Waals surface area (Å²) in [6.45, 7) is 3.11. The summed E-state index contributed by atoms with van der Waals surface area (Å²) in [6, 6.07) is 9.73. The van der Waals surface area contributed by atoms with Crippen LogP contribution in [0.3, 0.4) is 0 Å². The van der Waals surface area contributed by atoms with Crippen LogP contribution in [0.5, 0.6) is 0 Å². The third kappa shape index (κ3) is 3.80. The smallest absolute Gasteiger partial charge is 0.270 e. The molecular formula is C20H22N6O2. The Balaban J connectivity index is 1.35. The highest BCUT2D eigenvalue weighted by Gasteiger charge is 2.19.